The Morgan fingerprint density at radius 3 is 2.17 bits per heavy atom. The highest BCUT2D eigenvalue weighted by atomic mass is 32.2. The predicted octanol–water partition coefficient (Wildman–Crippen LogP) is 5.46. The number of halogens is 1. The molecule has 1 saturated carbocycles. The lowest BCUT2D eigenvalue weighted by molar-refractivity contribution is -0.141. The van der Waals surface area contributed by atoms with E-state index in [1.165, 1.54) is 15.3 Å². The Bertz CT molecular complexity index is 1410. The summed E-state index contributed by atoms with van der Waals surface area (Å²) in [7, 11) is -3.58. The second kappa shape index (κ2) is 15.0. The van der Waals surface area contributed by atoms with Crippen LogP contribution in [0, 0.1) is 5.82 Å². The van der Waals surface area contributed by atoms with Crippen LogP contribution in [-0.2, 0) is 32.6 Å². The number of sulfonamides is 1. The molecule has 0 aliphatic heterocycles. The van der Waals surface area contributed by atoms with Crippen LogP contribution in [0.3, 0.4) is 0 Å². The van der Waals surface area contributed by atoms with Crippen molar-refractivity contribution in [3.8, 4) is 0 Å². The van der Waals surface area contributed by atoms with Crippen LogP contribution >= 0.6 is 0 Å². The molecule has 1 atom stereocenters. The van der Waals surface area contributed by atoms with Gasteiger partial charge < -0.3 is 10.2 Å². The molecule has 0 bridgehead atoms. The summed E-state index contributed by atoms with van der Waals surface area (Å²) in [6, 6.07) is 23.7. The molecule has 0 aromatic heterocycles. The highest BCUT2D eigenvalue weighted by Gasteiger charge is 2.32. The van der Waals surface area contributed by atoms with Crippen molar-refractivity contribution in [1.82, 2.24) is 10.2 Å². The maximum Gasteiger partial charge on any atom is 0.243 e. The number of rotatable bonds is 13. The Kier molecular flexibility index (Phi) is 11.1. The molecular formula is C33H40FN3O4S. The van der Waals surface area contributed by atoms with Gasteiger partial charge in [0.2, 0.25) is 21.8 Å². The number of nitrogens with zero attached hydrogens (tertiary/aromatic N) is 2. The van der Waals surface area contributed by atoms with Gasteiger partial charge >= 0.3 is 0 Å². The molecule has 0 unspecified atom stereocenters. The van der Waals surface area contributed by atoms with E-state index in [4.69, 9.17) is 0 Å². The number of hydrogen-bond acceptors (Lipinski definition) is 4. The topological polar surface area (TPSA) is 86.8 Å². The third-order valence-electron chi connectivity index (χ3n) is 7.72. The number of amides is 2. The van der Waals surface area contributed by atoms with E-state index in [1.54, 1.807) is 48.5 Å². The molecule has 3 aromatic carbocycles. The van der Waals surface area contributed by atoms with Crippen molar-refractivity contribution in [3.05, 3.63) is 102 Å². The van der Waals surface area contributed by atoms with Crippen LogP contribution in [0.1, 0.15) is 56.1 Å². The third kappa shape index (κ3) is 8.89. The summed E-state index contributed by atoms with van der Waals surface area (Å²) in [5.74, 6) is -1.04. The zero-order valence-electron chi connectivity index (χ0n) is 24.1. The number of nitrogens with one attached hydrogen (secondary N) is 1. The van der Waals surface area contributed by atoms with Crippen LogP contribution in [-0.4, -0.2) is 50.0 Å². The number of benzene rings is 3. The van der Waals surface area contributed by atoms with E-state index in [2.05, 4.69) is 5.32 Å². The van der Waals surface area contributed by atoms with Gasteiger partial charge in [0, 0.05) is 37.5 Å². The van der Waals surface area contributed by atoms with Gasteiger partial charge in [-0.3, -0.25) is 13.9 Å². The molecule has 1 aliphatic carbocycles. The van der Waals surface area contributed by atoms with E-state index in [0.29, 0.717) is 11.3 Å². The van der Waals surface area contributed by atoms with E-state index in [0.717, 1.165) is 43.9 Å². The SMILES string of the molecule is CS(=O)(=O)N(CCCC(=O)N(Cc1ccccc1F)[C@H](Cc1ccccc1)C(=O)NC1CCCCC1)c1ccccc1. The lowest BCUT2D eigenvalue weighted by Crippen LogP contribution is -2.53. The maximum absolute atomic E-state index is 14.8. The lowest BCUT2D eigenvalue weighted by atomic mass is 9.94. The number of para-hydroxylation sites is 1. The van der Waals surface area contributed by atoms with Gasteiger partial charge in [0.05, 0.1) is 11.9 Å². The molecule has 1 aliphatic rings. The zero-order chi connectivity index (χ0) is 30.0. The fourth-order valence-electron chi connectivity index (χ4n) is 5.51. The standard InChI is InChI=1S/C33H40FN3O4S/c1-42(40,41)37(29-19-9-4-10-20-29)23-13-22-32(38)36(25-27-16-11-12-21-30(27)34)31(24-26-14-5-2-6-15-26)33(39)35-28-17-7-3-8-18-28/h2,4-6,9-12,14-16,19-21,28,31H,3,7-8,13,17-18,22-25H2,1H3,(H,35,39)/t31-/m1/s1. The van der Waals surface area contributed by atoms with E-state index < -0.39 is 21.9 Å². The van der Waals surface area contributed by atoms with E-state index in [-0.39, 0.29) is 50.2 Å². The van der Waals surface area contributed by atoms with Crippen molar-refractivity contribution in [2.24, 2.45) is 0 Å². The molecule has 7 nitrogen and oxygen atoms in total. The molecule has 0 saturated heterocycles. The molecule has 3 aromatic rings. The molecule has 2 amide bonds. The summed E-state index contributed by atoms with van der Waals surface area (Å²) < 4.78 is 41.2. The Hall–Kier alpha value is -3.72. The van der Waals surface area contributed by atoms with Gasteiger partial charge in [0.15, 0.2) is 0 Å². The molecule has 4 rings (SSSR count). The van der Waals surface area contributed by atoms with Gasteiger partial charge in [-0.2, -0.15) is 0 Å². The Balaban J connectivity index is 1.59. The van der Waals surface area contributed by atoms with Crippen molar-refractivity contribution in [2.75, 3.05) is 17.1 Å². The minimum atomic E-state index is -3.58. The Morgan fingerprint density at radius 1 is 0.905 bits per heavy atom. The largest absolute Gasteiger partial charge is 0.352 e. The summed E-state index contributed by atoms with van der Waals surface area (Å²) in [6.45, 7) is 0.0231. The van der Waals surface area contributed by atoms with Crippen molar-refractivity contribution < 1.29 is 22.4 Å². The second-order valence-corrected chi connectivity index (χ2v) is 12.8. The van der Waals surface area contributed by atoms with Crippen LogP contribution in [0.5, 0.6) is 0 Å². The van der Waals surface area contributed by atoms with Gasteiger partial charge in [-0.25, -0.2) is 12.8 Å². The molecule has 9 heteroatoms. The predicted molar refractivity (Wildman–Crippen MR) is 164 cm³/mol. The molecule has 224 valence electrons. The van der Waals surface area contributed by atoms with Crippen molar-refractivity contribution in [3.63, 3.8) is 0 Å². The van der Waals surface area contributed by atoms with E-state index >= 15 is 0 Å². The lowest BCUT2D eigenvalue weighted by Gasteiger charge is -2.34. The van der Waals surface area contributed by atoms with Crippen molar-refractivity contribution in [1.29, 1.82) is 0 Å². The van der Waals surface area contributed by atoms with Crippen molar-refractivity contribution >= 4 is 27.5 Å². The molecule has 42 heavy (non-hydrogen) atoms. The van der Waals surface area contributed by atoms with Gasteiger partial charge in [-0.05, 0) is 43.0 Å². The zero-order valence-corrected chi connectivity index (χ0v) is 24.9. The Labute approximate surface area is 248 Å². The minimum absolute atomic E-state index is 0.00466. The van der Waals surface area contributed by atoms with Gasteiger partial charge in [0.25, 0.3) is 0 Å². The fraction of sp³-hybridized carbons (Fsp3) is 0.394. The average molecular weight is 594 g/mol. The molecule has 0 spiro atoms. The number of carbonyl (C=O) groups is 2. The molecule has 1 N–H and O–H groups in total. The summed E-state index contributed by atoms with van der Waals surface area (Å²) >= 11 is 0. The highest BCUT2D eigenvalue weighted by molar-refractivity contribution is 7.92. The highest BCUT2D eigenvalue weighted by Crippen LogP contribution is 2.22. The summed E-state index contributed by atoms with van der Waals surface area (Å²) in [6.07, 6.45) is 6.67. The number of anilines is 1. The van der Waals surface area contributed by atoms with Crippen LogP contribution in [0.15, 0.2) is 84.9 Å². The van der Waals surface area contributed by atoms with Gasteiger partial charge in [-0.15, -0.1) is 0 Å². The minimum Gasteiger partial charge on any atom is -0.352 e. The van der Waals surface area contributed by atoms with Crippen LogP contribution < -0.4 is 9.62 Å². The van der Waals surface area contributed by atoms with Crippen molar-refractivity contribution in [2.45, 2.75) is 70.0 Å². The summed E-state index contributed by atoms with van der Waals surface area (Å²) in [4.78, 5) is 29.2. The first-order chi connectivity index (χ1) is 20.2. The normalized spacial score (nSPS) is 14.6. The third-order valence-corrected chi connectivity index (χ3v) is 8.91. The molecule has 0 radical (unpaired) electrons. The summed E-state index contributed by atoms with van der Waals surface area (Å²) in [5, 5.41) is 3.18. The molecule has 1 fully saturated rings. The summed E-state index contributed by atoms with van der Waals surface area (Å²) in [5.41, 5.74) is 1.72. The van der Waals surface area contributed by atoms with Crippen LogP contribution in [0.4, 0.5) is 10.1 Å². The number of carbonyl (C=O) groups excluding carboxylic acids is 2. The number of hydrogen-bond donors (Lipinski definition) is 1. The first-order valence-electron chi connectivity index (χ1n) is 14.6. The maximum atomic E-state index is 14.8. The smallest absolute Gasteiger partial charge is 0.243 e. The monoisotopic (exact) mass is 593 g/mol. The van der Waals surface area contributed by atoms with E-state index in [1.807, 2.05) is 30.3 Å². The van der Waals surface area contributed by atoms with Gasteiger partial charge in [0.1, 0.15) is 11.9 Å². The fourth-order valence-corrected chi connectivity index (χ4v) is 6.47. The van der Waals surface area contributed by atoms with Crippen LogP contribution in [0.2, 0.25) is 0 Å². The first kappa shape index (κ1) is 31.2. The quantitative estimate of drug-likeness (QED) is 0.285. The Morgan fingerprint density at radius 2 is 1.52 bits per heavy atom. The van der Waals surface area contributed by atoms with Gasteiger partial charge in [-0.1, -0.05) is 86.0 Å². The molecule has 0 heterocycles. The van der Waals surface area contributed by atoms with E-state index in [9.17, 15) is 22.4 Å². The molecular weight excluding hydrogens is 553 g/mol. The average Bonchev–Trinajstić information content (AvgIpc) is 2.98. The van der Waals surface area contributed by atoms with Crippen LogP contribution in [0.25, 0.3) is 0 Å². The first-order valence-corrected chi connectivity index (χ1v) is 16.5. The second-order valence-electron chi connectivity index (χ2n) is 10.9.